The number of nitrogens with zero attached hydrogens (tertiary/aromatic N) is 3. The molecule has 0 aliphatic carbocycles. The number of amides is 1. The molecule has 2 aromatic carbocycles. The number of aromatic nitrogens is 2. The number of carbonyl (C=O) groups excluding carboxylic acids is 1. The third kappa shape index (κ3) is 6.73. The molecule has 1 fully saturated rings. The molecular formula is C25H26F2N6O2. The largest absolute Gasteiger partial charge is 0.436 e. The van der Waals surface area contributed by atoms with Crippen LogP contribution in [0.2, 0.25) is 0 Å². The average molecular weight is 481 g/mol. The molecule has 1 saturated heterocycles. The van der Waals surface area contributed by atoms with Crippen molar-refractivity contribution in [1.29, 1.82) is 0 Å². The van der Waals surface area contributed by atoms with Crippen molar-refractivity contribution in [2.24, 2.45) is 0 Å². The molecule has 8 nitrogen and oxygen atoms in total. The molecule has 35 heavy (non-hydrogen) atoms. The van der Waals surface area contributed by atoms with Gasteiger partial charge in [-0.2, -0.15) is 9.37 Å². The molecule has 2 heterocycles. The van der Waals surface area contributed by atoms with Gasteiger partial charge in [0, 0.05) is 48.8 Å². The first-order valence-electron chi connectivity index (χ1n) is 11.2. The van der Waals surface area contributed by atoms with E-state index >= 15 is 0 Å². The minimum Gasteiger partial charge on any atom is -0.436 e. The first kappa shape index (κ1) is 24.1. The predicted octanol–water partition coefficient (Wildman–Crippen LogP) is 4.73. The van der Waals surface area contributed by atoms with Gasteiger partial charge in [-0.25, -0.2) is 9.37 Å². The van der Waals surface area contributed by atoms with Gasteiger partial charge in [-0.15, -0.1) is 0 Å². The van der Waals surface area contributed by atoms with Crippen molar-refractivity contribution in [3.8, 4) is 11.6 Å². The Morgan fingerprint density at radius 1 is 1.20 bits per heavy atom. The Morgan fingerprint density at radius 3 is 2.77 bits per heavy atom. The van der Waals surface area contributed by atoms with Crippen LogP contribution in [0.15, 0.2) is 67.4 Å². The minimum absolute atomic E-state index is 0.163. The van der Waals surface area contributed by atoms with E-state index in [1.807, 2.05) is 24.3 Å². The zero-order valence-electron chi connectivity index (χ0n) is 19.0. The van der Waals surface area contributed by atoms with E-state index in [2.05, 4.69) is 37.4 Å². The smallest absolute Gasteiger partial charge is 0.260 e. The van der Waals surface area contributed by atoms with Crippen LogP contribution in [0, 0.1) is 5.82 Å². The Morgan fingerprint density at radius 2 is 2.00 bits per heavy atom. The van der Waals surface area contributed by atoms with Gasteiger partial charge >= 0.3 is 0 Å². The van der Waals surface area contributed by atoms with E-state index in [1.165, 1.54) is 0 Å². The summed E-state index contributed by atoms with van der Waals surface area (Å²) in [5.41, 5.74) is 2.14. The van der Waals surface area contributed by atoms with Crippen LogP contribution in [0.3, 0.4) is 0 Å². The number of nitrogens with one attached hydrogen (secondary N) is 3. The summed E-state index contributed by atoms with van der Waals surface area (Å²) in [4.78, 5) is 21.7. The maximum atomic E-state index is 14.3. The highest BCUT2D eigenvalue weighted by Gasteiger charge is 2.21. The fourth-order valence-corrected chi connectivity index (χ4v) is 3.71. The highest BCUT2D eigenvalue weighted by atomic mass is 19.1. The van der Waals surface area contributed by atoms with E-state index in [-0.39, 0.29) is 30.5 Å². The van der Waals surface area contributed by atoms with E-state index in [0.29, 0.717) is 23.7 Å². The number of likely N-dealkylation sites (tertiary alicyclic amines) is 1. The Hall–Kier alpha value is -4.05. The van der Waals surface area contributed by atoms with Crippen molar-refractivity contribution in [2.45, 2.75) is 12.5 Å². The number of halogens is 2. The van der Waals surface area contributed by atoms with Gasteiger partial charge in [0.2, 0.25) is 17.7 Å². The molecular weight excluding hydrogens is 454 g/mol. The number of hydrogen-bond acceptors (Lipinski definition) is 7. The van der Waals surface area contributed by atoms with Gasteiger partial charge in [0.05, 0.1) is 6.20 Å². The lowest BCUT2D eigenvalue weighted by molar-refractivity contribution is -0.111. The van der Waals surface area contributed by atoms with Gasteiger partial charge in [0.1, 0.15) is 12.4 Å². The molecule has 10 heteroatoms. The SMILES string of the molecule is C=CC(=O)Nc1cccc(Oc2nc(Nc3ccc(N[C@@H]4CCN(CCF)C4)cc3)ncc2F)c1. The zero-order chi connectivity index (χ0) is 24.6. The zero-order valence-corrected chi connectivity index (χ0v) is 19.0. The average Bonchev–Trinajstić information content (AvgIpc) is 3.29. The fraction of sp³-hybridized carbons (Fsp3) is 0.240. The van der Waals surface area contributed by atoms with Crippen LogP contribution in [0.1, 0.15) is 6.42 Å². The van der Waals surface area contributed by atoms with Crippen LogP contribution < -0.4 is 20.7 Å². The van der Waals surface area contributed by atoms with E-state index < -0.39 is 5.82 Å². The fourth-order valence-electron chi connectivity index (χ4n) is 3.71. The van der Waals surface area contributed by atoms with Crippen molar-refractivity contribution in [3.05, 3.63) is 73.2 Å². The van der Waals surface area contributed by atoms with E-state index in [1.54, 1.807) is 24.3 Å². The number of benzene rings is 2. The first-order valence-corrected chi connectivity index (χ1v) is 11.2. The van der Waals surface area contributed by atoms with Gasteiger partial charge in [0.25, 0.3) is 5.88 Å². The number of ether oxygens (including phenoxy) is 1. The number of carbonyl (C=O) groups is 1. The molecule has 0 spiro atoms. The Kier molecular flexibility index (Phi) is 7.84. The van der Waals surface area contributed by atoms with Gasteiger partial charge in [-0.1, -0.05) is 12.6 Å². The summed E-state index contributed by atoms with van der Waals surface area (Å²) in [5.74, 6) is -0.898. The third-order valence-corrected chi connectivity index (χ3v) is 5.40. The molecule has 0 saturated carbocycles. The molecule has 1 amide bonds. The molecule has 0 radical (unpaired) electrons. The molecule has 1 atom stereocenters. The van der Waals surface area contributed by atoms with Crippen molar-refractivity contribution in [1.82, 2.24) is 14.9 Å². The quantitative estimate of drug-likeness (QED) is 0.361. The second-order valence-corrected chi connectivity index (χ2v) is 7.99. The summed E-state index contributed by atoms with van der Waals surface area (Å²) in [7, 11) is 0. The first-order chi connectivity index (χ1) is 17.0. The number of alkyl halides is 1. The number of anilines is 4. The third-order valence-electron chi connectivity index (χ3n) is 5.40. The molecule has 0 bridgehead atoms. The summed E-state index contributed by atoms with van der Waals surface area (Å²) in [5, 5.41) is 9.11. The lowest BCUT2D eigenvalue weighted by Crippen LogP contribution is -2.27. The second kappa shape index (κ2) is 11.4. The second-order valence-electron chi connectivity index (χ2n) is 7.99. The molecule has 3 N–H and O–H groups in total. The van der Waals surface area contributed by atoms with Gasteiger partial charge < -0.3 is 20.7 Å². The summed E-state index contributed by atoms with van der Waals surface area (Å²) in [6, 6.07) is 14.3. The molecule has 1 aromatic heterocycles. The molecule has 4 rings (SSSR count). The van der Waals surface area contributed by atoms with E-state index in [0.717, 1.165) is 37.5 Å². The highest BCUT2D eigenvalue weighted by Crippen LogP contribution is 2.26. The predicted molar refractivity (Wildman–Crippen MR) is 132 cm³/mol. The van der Waals surface area contributed by atoms with Crippen LogP contribution in [-0.4, -0.2) is 53.1 Å². The summed E-state index contributed by atoms with van der Waals surface area (Å²) in [6.07, 6.45) is 3.14. The summed E-state index contributed by atoms with van der Waals surface area (Å²) in [6.45, 7) is 5.26. The molecule has 0 unspecified atom stereocenters. The standard InChI is InChI=1S/C25H26F2N6O2/c1-2-23(34)30-19-4-3-5-21(14-19)35-24-22(27)15-28-25(32-24)31-18-8-6-17(7-9-18)29-20-10-12-33(16-20)13-11-26/h2-9,14-15,20,29H,1,10-13,16H2,(H,30,34)(H,28,31,32)/t20-/m1/s1. The van der Waals surface area contributed by atoms with Gasteiger partial charge in [-0.3, -0.25) is 9.69 Å². The van der Waals surface area contributed by atoms with Crippen molar-refractivity contribution < 1.29 is 18.3 Å². The van der Waals surface area contributed by atoms with Gasteiger partial charge in [-0.05, 0) is 48.9 Å². The van der Waals surface area contributed by atoms with Crippen LogP contribution in [0.5, 0.6) is 11.6 Å². The lowest BCUT2D eigenvalue weighted by Gasteiger charge is -2.16. The number of hydrogen-bond donors (Lipinski definition) is 3. The van der Waals surface area contributed by atoms with E-state index in [9.17, 15) is 13.6 Å². The molecule has 1 aliphatic rings. The van der Waals surface area contributed by atoms with Crippen LogP contribution in [0.4, 0.5) is 31.8 Å². The molecule has 182 valence electrons. The van der Waals surface area contributed by atoms with Crippen LogP contribution >= 0.6 is 0 Å². The van der Waals surface area contributed by atoms with Crippen molar-refractivity contribution in [2.75, 3.05) is 42.3 Å². The Balaban J connectivity index is 1.38. The lowest BCUT2D eigenvalue weighted by atomic mass is 10.2. The molecule has 1 aliphatic heterocycles. The maximum Gasteiger partial charge on any atom is 0.260 e. The van der Waals surface area contributed by atoms with Crippen LogP contribution in [-0.2, 0) is 4.79 Å². The van der Waals surface area contributed by atoms with E-state index in [4.69, 9.17) is 4.74 Å². The van der Waals surface area contributed by atoms with Crippen molar-refractivity contribution >= 4 is 28.9 Å². The normalized spacial score (nSPS) is 15.4. The molecule has 3 aromatic rings. The van der Waals surface area contributed by atoms with Crippen molar-refractivity contribution in [3.63, 3.8) is 0 Å². The maximum absolute atomic E-state index is 14.3. The Bertz CT molecular complexity index is 1170. The van der Waals surface area contributed by atoms with Gasteiger partial charge in [0.15, 0.2) is 0 Å². The summed E-state index contributed by atoms with van der Waals surface area (Å²) >= 11 is 0. The van der Waals surface area contributed by atoms with Crippen LogP contribution in [0.25, 0.3) is 0 Å². The highest BCUT2D eigenvalue weighted by molar-refractivity contribution is 5.98. The topological polar surface area (TPSA) is 91.4 Å². The summed E-state index contributed by atoms with van der Waals surface area (Å²) < 4.78 is 32.4. The Labute approximate surface area is 202 Å². The monoisotopic (exact) mass is 480 g/mol. The number of rotatable bonds is 10. The minimum atomic E-state index is -0.728.